The van der Waals surface area contributed by atoms with Crippen LogP contribution in [0.4, 0.5) is 11.5 Å². The standard InChI is InChI=1S/C23H20N4O3/c28-23(21-2-1-11-30-21)25-18-6-3-16(4-7-18)17-5-8-19-20(14-17)26-22(15-24-19)27-9-12-29-13-10-27/h1-8,11,14-15H,9-10,12-13H2,(H,25,28). The average Bonchev–Trinajstić information content (AvgIpc) is 3.35. The van der Waals surface area contributed by atoms with Crippen LogP contribution in [-0.4, -0.2) is 42.2 Å². The third kappa shape index (κ3) is 3.75. The van der Waals surface area contributed by atoms with Crippen LogP contribution in [0.3, 0.4) is 0 Å². The number of hydrogen-bond acceptors (Lipinski definition) is 6. The van der Waals surface area contributed by atoms with Crippen molar-refractivity contribution >= 4 is 28.4 Å². The largest absolute Gasteiger partial charge is 0.459 e. The van der Waals surface area contributed by atoms with E-state index < -0.39 is 0 Å². The van der Waals surface area contributed by atoms with E-state index >= 15 is 0 Å². The van der Waals surface area contributed by atoms with Gasteiger partial charge in [-0.15, -0.1) is 0 Å². The van der Waals surface area contributed by atoms with Crippen molar-refractivity contribution in [3.8, 4) is 11.1 Å². The van der Waals surface area contributed by atoms with E-state index in [0.29, 0.717) is 18.9 Å². The number of aromatic nitrogens is 2. The van der Waals surface area contributed by atoms with Gasteiger partial charge in [0.25, 0.3) is 5.91 Å². The monoisotopic (exact) mass is 400 g/mol. The van der Waals surface area contributed by atoms with Crippen LogP contribution < -0.4 is 10.2 Å². The molecule has 4 aromatic rings. The van der Waals surface area contributed by atoms with Gasteiger partial charge in [-0.25, -0.2) is 4.98 Å². The molecule has 1 aliphatic rings. The number of ether oxygens (including phenoxy) is 1. The molecule has 0 spiro atoms. The Balaban J connectivity index is 1.37. The Morgan fingerprint density at radius 1 is 0.967 bits per heavy atom. The second-order valence-electron chi connectivity index (χ2n) is 7.04. The van der Waals surface area contributed by atoms with Gasteiger partial charge in [0.2, 0.25) is 0 Å². The Morgan fingerprint density at radius 2 is 1.77 bits per heavy atom. The molecular weight excluding hydrogens is 380 g/mol. The van der Waals surface area contributed by atoms with Crippen LogP contribution in [0, 0.1) is 0 Å². The summed E-state index contributed by atoms with van der Waals surface area (Å²) >= 11 is 0. The van der Waals surface area contributed by atoms with Crippen molar-refractivity contribution in [3.05, 3.63) is 72.8 Å². The maximum atomic E-state index is 12.1. The molecule has 0 saturated carbocycles. The van der Waals surface area contributed by atoms with E-state index in [1.165, 1.54) is 6.26 Å². The molecule has 1 amide bonds. The second-order valence-corrected chi connectivity index (χ2v) is 7.04. The minimum atomic E-state index is -0.274. The minimum absolute atomic E-state index is 0.274. The highest BCUT2D eigenvalue weighted by Crippen LogP contribution is 2.26. The van der Waals surface area contributed by atoms with Gasteiger partial charge in [-0.2, -0.15) is 0 Å². The number of fused-ring (bicyclic) bond motifs is 1. The summed E-state index contributed by atoms with van der Waals surface area (Å²) in [4.78, 5) is 23.7. The summed E-state index contributed by atoms with van der Waals surface area (Å²) in [6.45, 7) is 3.07. The summed E-state index contributed by atoms with van der Waals surface area (Å²) in [5.41, 5.74) is 4.49. The van der Waals surface area contributed by atoms with Gasteiger partial charge in [0, 0.05) is 18.8 Å². The molecule has 7 heteroatoms. The van der Waals surface area contributed by atoms with E-state index in [-0.39, 0.29) is 11.7 Å². The molecule has 5 rings (SSSR count). The molecule has 2 aromatic heterocycles. The first kappa shape index (κ1) is 18.3. The van der Waals surface area contributed by atoms with Crippen LogP contribution in [0.1, 0.15) is 10.6 Å². The predicted octanol–water partition coefficient (Wildman–Crippen LogP) is 3.98. The van der Waals surface area contributed by atoms with Gasteiger partial charge in [-0.05, 0) is 47.5 Å². The number of benzene rings is 2. The van der Waals surface area contributed by atoms with Crippen LogP contribution in [0.5, 0.6) is 0 Å². The van der Waals surface area contributed by atoms with E-state index in [1.807, 2.05) is 48.7 Å². The van der Waals surface area contributed by atoms with Crippen molar-refractivity contribution in [1.29, 1.82) is 0 Å². The van der Waals surface area contributed by atoms with Crippen LogP contribution in [0.15, 0.2) is 71.5 Å². The Morgan fingerprint density at radius 3 is 2.53 bits per heavy atom. The number of carbonyl (C=O) groups excluding carboxylic acids is 1. The molecule has 0 unspecified atom stereocenters. The summed E-state index contributed by atoms with van der Waals surface area (Å²) in [5.74, 6) is 0.881. The van der Waals surface area contributed by atoms with Crippen LogP contribution in [0.2, 0.25) is 0 Å². The van der Waals surface area contributed by atoms with Crippen molar-refractivity contribution in [2.24, 2.45) is 0 Å². The molecule has 1 aliphatic heterocycles. The summed E-state index contributed by atoms with van der Waals surface area (Å²) in [6.07, 6.45) is 3.30. The van der Waals surface area contributed by atoms with Gasteiger partial charge in [0.05, 0.1) is 36.7 Å². The fourth-order valence-electron chi connectivity index (χ4n) is 3.47. The topological polar surface area (TPSA) is 80.5 Å². The van der Waals surface area contributed by atoms with Gasteiger partial charge >= 0.3 is 0 Å². The van der Waals surface area contributed by atoms with Gasteiger partial charge in [0.1, 0.15) is 5.82 Å². The SMILES string of the molecule is O=C(Nc1ccc(-c2ccc3ncc(N4CCOCC4)nc3c2)cc1)c1ccco1. The first-order chi connectivity index (χ1) is 14.8. The maximum absolute atomic E-state index is 12.1. The molecule has 7 nitrogen and oxygen atoms in total. The van der Waals surface area contributed by atoms with Gasteiger partial charge in [-0.3, -0.25) is 9.78 Å². The van der Waals surface area contributed by atoms with Crippen molar-refractivity contribution in [1.82, 2.24) is 9.97 Å². The first-order valence-electron chi connectivity index (χ1n) is 9.81. The number of amides is 1. The third-order valence-electron chi connectivity index (χ3n) is 5.09. The summed E-state index contributed by atoms with van der Waals surface area (Å²) < 4.78 is 10.5. The second kappa shape index (κ2) is 7.96. The van der Waals surface area contributed by atoms with Crippen LogP contribution in [0.25, 0.3) is 22.2 Å². The zero-order chi connectivity index (χ0) is 20.3. The molecule has 0 bridgehead atoms. The van der Waals surface area contributed by atoms with E-state index in [0.717, 1.165) is 41.1 Å². The third-order valence-corrected chi connectivity index (χ3v) is 5.09. The lowest BCUT2D eigenvalue weighted by molar-refractivity contribution is 0.0996. The lowest BCUT2D eigenvalue weighted by atomic mass is 10.0. The van der Waals surface area contributed by atoms with E-state index in [2.05, 4.69) is 15.2 Å². The number of nitrogens with zero attached hydrogens (tertiary/aromatic N) is 3. The quantitative estimate of drug-likeness (QED) is 0.558. The van der Waals surface area contributed by atoms with Crippen LogP contribution in [-0.2, 0) is 4.74 Å². The number of anilines is 2. The summed E-state index contributed by atoms with van der Waals surface area (Å²) in [7, 11) is 0. The highest BCUT2D eigenvalue weighted by atomic mass is 16.5. The van der Waals surface area contributed by atoms with Crippen LogP contribution >= 0.6 is 0 Å². The van der Waals surface area contributed by atoms with E-state index in [1.54, 1.807) is 12.1 Å². The number of furan rings is 1. The Bertz CT molecular complexity index is 1170. The number of hydrogen-bond donors (Lipinski definition) is 1. The highest BCUT2D eigenvalue weighted by molar-refractivity contribution is 6.02. The van der Waals surface area contributed by atoms with Crippen molar-refractivity contribution in [2.75, 3.05) is 36.5 Å². The Hall–Kier alpha value is -3.71. The van der Waals surface area contributed by atoms with E-state index in [9.17, 15) is 4.79 Å². The first-order valence-corrected chi connectivity index (χ1v) is 9.81. The molecule has 1 fully saturated rings. The minimum Gasteiger partial charge on any atom is -0.459 e. The summed E-state index contributed by atoms with van der Waals surface area (Å²) in [6, 6.07) is 17.1. The molecule has 1 N–H and O–H groups in total. The van der Waals surface area contributed by atoms with E-state index in [4.69, 9.17) is 14.1 Å². The molecular formula is C23H20N4O3. The number of morpholine rings is 1. The zero-order valence-electron chi connectivity index (χ0n) is 16.2. The molecule has 0 atom stereocenters. The fraction of sp³-hybridized carbons (Fsp3) is 0.174. The van der Waals surface area contributed by atoms with Crippen molar-refractivity contribution in [2.45, 2.75) is 0 Å². The Kier molecular flexibility index (Phi) is 4.86. The van der Waals surface area contributed by atoms with Gasteiger partial charge in [0.15, 0.2) is 5.76 Å². The Labute approximate surface area is 173 Å². The normalized spacial score (nSPS) is 14.1. The molecule has 0 aliphatic carbocycles. The number of rotatable bonds is 4. The molecule has 150 valence electrons. The molecule has 30 heavy (non-hydrogen) atoms. The maximum Gasteiger partial charge on any atom is 0.291 e. The van der Waals surface area contributed by atoms with Gasteiger partial charge < -0.3 is 19.4 Å². The predicted molar refractivity (Wildman–Crippen MR) is 115 cm³/mol. The number of carbonyl (C=O) groups is 1. The molecule has 3 heterocycles. The smallest absolute Gasteiger partial charge is 0.291 e. The zero-order valence-corrected chi connectivity index (χ0v) is 16.2. The highest BCUT2D eigenvalue weighted by Gasteiger charge is 2.14. The van der Waals surface area contributed by atoms with Gasteiger partial charge in [-0.1, -0.05) is 18.2 Å². The molecule has 1 saturated heterocycles. The summed E-state index contributed by atoms with van der Waals surface area (Å²) in [5, 5.41) is 2.83. The van der Waals surface area contributed by atoms with Crippen molar-refractivity contribution in [3.63, 3.8) is 0 Å². The average molecular weight is 400 g/mol. The van der Waals surface area contributed by atoms with Crippen molar-refractivity contribution < 1.29 is 13.9 Å². The lowest BCUT2D eigenvalue weighted by Crippen LogP contribution is -2.36. The number of nitrogens with one attached hydrogen (secondary N) is 1. The molecule has 0 radical (unpaired) electrons. The molecule has 2 aromatic carbocycles. The fourth-order valence-corrected chi connectivity index (χ4v) is 3.47. The lowest BCUT2D eigenvalue weighted by Gasteiger charge is -2.27.